The average molecular weight is 456 g/mol. The molecule has 0 radical (unpaired) electrons. The van der Waals surface area contributed by atoms with Gasteiger partial charge in [0, 0.05) is 6.54 Å². The second-order valence-electron chi connectivity index (χ2n) is 9.30. The van der Waals surface area contributed by atoms with Crippen LogP contribution in [-0.2, 0) is 23.3 Å². The van der Waals surface area contributed by atoms with Crippen LogP contribution < -0.4 is 10.3 Å². The zero-order valence-corrected chi connectivity index (χ0v) is 19.7. The molecule has 6 heteroatoms. The van der Waals surface area contributed by atoms with Crippen molar-refractivity contribution in [3.05, 3.63) is 106 Å². The van der Waals surface area contributed by atoms with Crippen molar-refractivity contribution in [1.29, 1.82) is 0 Å². The molecule has 3 aromatic carbocycles. The summed E-state index contributed by atoms with van der Waals surface area (Å²) in [5.74, 6) is 0.937. The van der Waals surface area contributed by atoms with Crippen LogP contribution in [0.5, 0.6) is 5.75 Å². The fourth-order valence-electron chi connectivity index (χ4n) is 3.87. The fourth-order valence-corrected chi connectivity index (χ4v) is 3.87. The highest BCUT2D eigenvalue weighted by Crippen LogP contribution is 2.31. The number of amides is 1. The Bertz CT molecular complexity index is 1340. The van der Waals surface area contributed by atoms with Crippen molar-refractivity contribution in [2.75, 3.05) is 6.61 Å². The van der Waals surface area contributed by atoms with Crippen LogP contribution in [0.1, 0.15) is 37.7 Å². The molecule has 0 saturated heterocycles. The van der Waals surface area contributed by atoms with Crippen molar-refractivity contribution in [3.63, 3.8) is 0 Å². The number of nitrogens with one attached hydrogen (secondary N) is 1. The Kier molecular flexibility index (Phi) is 6.77. The molecule has 1 amide bonds. The van der Waals surface area contributed by atoms with Gasteiger partial charge < -0.3 is 14.6 Å². The standard InChI is InChI=1S/C28H29N3O3/c1-28(2,3)22-14-8-10-16-24(22)34-19-26(32)31(17-20-11-5-4-6-12-20)18-25-29-23-15-9-7-13-21(23)27(33)30-25/h4-16H,17-19H2,1-3H3,(H,29,30,33). The highest BCUT2D eigenvalue weighted by atomic mass is 16.5. The topological polar surface area (TPSA) is 75.3 Å². The molecule has 0 aliphatic rings. The van der Waals surface area contributed by atoms with E-state index in [9.17, 15) is 9.59 Å². The molecule has 6 nitrogen and oxygen atoms in total. The second kappa shape index (κ2) is 9.91. The predicted octanol–water partition coefficient (Wildman–Crippen LogP) is 4.83. The molecule has 1 N–H and O–H groups in total. The monoisotopic (exact) mass is 455 g/mol. The summed E-state index contributed by atoms with van der Waals surface area (Å²) in [6.45, 7) is 6.76. The number of carbonyl (C=O) groups excluding carboxylic acids is 1. The number of carbonyl (C=O) groups is 1. The number of hydrogen-bond acceptors (Lipinski definition) is 4. The summed E-state index contributed by atoms with van der Waals surface area (Å²) in [5.41, 5.74) is 2.29. The first-order chi connectivity index (χ1) is 16.3. The summed E-state index contributed by atoms with van der Waals surface area (Å²) in [6, 6.07) is 24.7. The van der Waals surface area contributed by atoms with Crippen molar-refractivity contribution in [2.45, 2.75) is 39.3 Å². The summed E-state index contributed by atoms with van der Waals surface area (Å²) in [6.07, 6.45) is 0. The largest absolute Gasteiger partial charge is 0.483 e. The molecule has 0 saturated carbocycles. The molecule has 4 rings (SSSR count). The number of rotatable bonds is 7. The number of fused-ring (bicyclic) bond motifs is 1. The molecule has 0 aliphatic carbocycles. The maximum atomic E-state index is 13.3. The molecule has 1 heterocycles. The lowest BCUT2D eigenvalue weighted by Gasteiger charge is -2.25. The predicted molar refractivity (Wildman–Crippen MR) is 134 cm³/mol. The van der Waals surface area contributed by atoms with Crippen molar-refractivity contribution < 1.29 is 9.53 Å². The molecule has 174 valence electrons. The second-order valence-corrected chi connectivity index (χ2v) is 9.30. The molecule has 0 spiro atoms. The average Bonchev–Trinajstić information content (AvgIpc) is 2.82. The first-order valence-electron chi connectivity index (χ1n) is 11.3. The Labute approximate surface area is 199 Å². The molecule has 0 atom stereocenters. The van der Waals surface area contributed by atoms with Gasteiger partial charge in [0.1, 0.15) is 11.6 Å². The first-order valence-corrected chi connectivity index (χ1v) is 11.3. The Hall–Kier alpha value is -3.93. The summed E-state index contributed by atoms with van der Waals surface area (Å²) in [7, 11) is 0. The number of H-pyrrole nitrogens is 1. The number of aromatic amines is 1. The van der Waals surface area contributed by atoms with Gasteiger partial charge >= 0.3 is 0 Å². The van der Waals surface area contributed by atoms with Crippen molar-refractivity contribution >= 4 is 16.8 Å². The van der Waals surface area contributed by atoms with Gasteiger partial charge in [-0.25, -0.2) is 4.98 Å². The maximum absolute atomic E-state index is 13.3. The third-order valence-electron chi connectivity index (χ3n) is 5.62. The van der Waals surface area contributed by atoms with Crippen LogP contribution in [0.2, 0.25) is 0 Å². The van der Waals surface area contributed by atoms with E-state index in [-0.39, 0.29) is 30.0 Å². The molecule has 1 aromatic heterocycles. The van der Waals surface area contributed by atoms with Gasteiger partial charge in [-0.3, -0.25) is 9.59 Å². The maximum Gasteiger partial charge on any atom is 0.261 e. The minimum absolute atomic E-state index is 0.113. The van der Waals surface area contributed by atoms with E-state index in [1.807, 2.05) is 60.7 Å². The van der Waals surface area contributed by atoms with E-state index in [4.69, 9.17) is 4.74 Å². The van der Waals surface area contributed by atoms with Crippen LogP contribution in [0.15, 0.2) is 83.7 Å². The Balaban J connectivity index is 1.58. The Morgan fingerprint density at radius 1 is 0.912 bits per heavy atom. The van der Waals surface area contributed by atoms with Gasteiger partial charge in [0.25, 0.3) is 11.5 Å². The molecular formula is C28H29N3O3. The quantitative estimate of drug-likeness (QED) is 0.433. The summed E-state index contributed by atoms with van der Waals surface area (Å²) < 4.78 is 5.99. The van der Waals surface area contributed by atoms with E-state index >= 15 is 0 Å². The third kappa shape index (κ3) is 5.52. The SMILES string of the molecule is CC(C)(C)c1ccccc1OCC(=O)N(Cc1ccccc1)Cc1nc2ccccc2c(=O)[nH]1. The molecule has 34 heavy (non-hydrogen) atoms. The minimum atomic E-state index is -0.219. The molecule has 4 aromatic rings. The fraction of sp³-hybridized carbons (Fsp3) is 0.250. The highest BCUT2D eigenvalue weighted by Gasteiger charge is 2.21. The van der Waals surface area contributed by atoms with Gasteiger partial charge in [0.2, 0.25) is 0 Å². The van der Waals surface area contributed by atoms with Gasteiger partial charge in [-0.1, -0.05) is 81.4 Å². The number of benzene rings is 3. The van der Waals surface area contributed by atoms with E-state index in [0.29, 0.717) is 29.0 Å². The van der Waals surface area contributed by atoms with E-state index < -0.39 is 0 Å². The number of aromatic nitrogens is 2. The molecular weight excluding hydrogens is 426 g/mol. The number of ether oxygens (including phenoxy) is 1. The van der Waals surface area contributed by atoms with Crippen molar-refractivity contribution in [1.82, 2.24) is 14.9 Å². The van der Waals surface area contributed by atoms with Gasteiger partial charge in [-0.05, 0) is 34.7 Å². The molecule has 0 fully saturated rings. The van der Waals surface area contributed by atoms with Crippen LogP contribution in [0, 0.1) is 0 Å². The third-order valence-corrected chi connectivity index (χ3v) is 5.62. The normalized spacial score (nSPS) is 11.4. The van der Waals surface area contributed by atoms with E-state index in [1.54, 1.807) is 23.1 Å². The first kappa shape index (κ1) is 23.2. The van der Waals surface area contributed by atoms with E-state index in [2.05, 4.69) is 30.7 Å². The molecule has 0 bridgehead atoms. The lowest BCUT2D eigenvalue weighted by Crippen LogP contribution is -2.35. The summed E-state index contributed by atoms with van der Waals surface area (Å²) in [5, 5.41) is 0.523. The zero-order chi connectivity index (χ0) is 24.1. The van der Waals surface area contributed by atoms with Gasteiger partial charge in [0.15, 0.2) is 6.61 Å². The zero-order valence-electron chi connectivity index (χ0n) is 19.7. The van der Waals surface area contributed by atoms with E-state index in [1.165, 1.54) is 0 Å². The van der Waals surface area contributed by atoms with Crippen molar-refractivity contribution in [3.8, 4) is 5.75 Å². The lowest BCUT2D eigenvalue weighted by atomic mass is 9.86. The van der Waals surface area contributed by atoms with Gasteiger partial charge in [-0.2, -0.15) is 0 Å². The number of para-hydroxylation sites is 2. The smallest absolute Gasteiger partial charge is 0.261 e. The summed E-state index contributed by atoms with van der Waals surface area (Å²) in [4.78, 5) is 34.9. The lowest BCUT2D eigenvalue weighted by molar-refractivity contribution is -0.134. The van der Waals surface area contributed by atoms with Crippen LogP contribution >= 0.6 is 0 Å². The van der Waals surface area contributed by atoms with E-state index in [0.717, 1.165) is 11.1 Å². The van der Waals surface area contributed by atoms with Gasteiger partial charge in [-0.15, -0.1) is 0 Å². The Morgan fingerprint density at radius 2 is 1.59 bits per heavy atom. The Morgan fingerprint density at radius 3 is 2.35 bits per heavy atom. The molecule has 0 aliphatic heterocycles. The summed E-state index contributed by atoms with van der Waals surface area (Å²) >= 11 is 0. The van der Waals surface area contributed by atoms with Crippen molar-refractivity contribution in [2.24, 2.45) is 0 Å². The number of hydrogen-bond donors (Lipinski definition) is 1. The van der Waals surface area contributed by atoms with Crippen LogP contribution in [0.25, 0.3) is 10.9 Å². The minimum Gasteiger partial charge on any atom is -0.483 e. The number of nitrogens with zero attached hydrogens (tertiary/aromatic N) is 2. The highest BCUT2D eigenvalue weighted by molar-refractivity contribution is 5.78. The van der Waals surface area contributed by atoms with Crippen LogP contribution in [-0.4, -0.2) is 27.4 Å². The van der Waals surface area contributed by atoms with Crippen LogP contribution in [0.4, 0.5) is 0 Å². The van der Waals surface area contributed by atoms with Crippen LogP contribution in [0.3, 0.4) is 0 Å². The molecule has 0 unspecified atom stereocenters. The van der Waals surface area contributed by atoms with Gasteiger partial charge in [0.05, 0.1) is 17.4 Å².